The largest absolute Gasteiger partial charge is 0.858 e. The van der Waals surface area contributed by atoms with Gasteiger partial charge in [-0.25, -0.2) is 0 Å². The van der Waals surface area contributed by atoms with E-state index in [4.69, 9.17) is 0 Å². The van der Waals surface area contributed by atoms with Gasteiger partial charge in [-0.05, 0) is 6.92 Å². The summed E-state index contributed by atoms with van der Waals surface area (Å²) in [6, 6.07) is 9.66. The number of nitrogens with zero attached hydrogens (tertiary/aromatic N) is 4. The van der Waals surface area contributed by atoms with E-state index in [0.717, 1.165) is 5.69 Å². The van der Waals surface area contributed by atoms with Crippen molar-refractivity contribution in [3.63, 3.8) is 0 Å². The molecule has 122 valence electrons. The number of quaternary nitrogens is 2. The number of benzene rings is 1. The van der Waals surface area contributed by atoms with Crippen LogP contribution in [0.15, 0.2) is 40.5 Å². The maximum absolute atomic E-state index is 12.3. The van der Waals surface area contributed by atoms with Crippen molar-refractivity contribution in [3.8, 4) is 0 Å². The molecule has 1 aromatic carbocycles. The highest BCUT2D eigenvalue weighted by molar-refractivity contribution is 9.09. The quantitative estimate of drug-likeness (QED) is 0.230. The predicted molar refractivity (Wildman–Crippen MR) is 90.3 cm³/mol. The highest BCUT2D eigenvalue weighted by atomic mass is 79.9. The molecule has 1 rings (SSSR count). The summed E-state index contributed by atoms with van der Waals surface area (Å²) in [6.45, 7) is 2.67. The van der Waals surface area contributed by atoms with Gasteiger partial charge in [0.05, 0.1) is 27.0 Å². The molecule has 22 heavy (non-hydrogen) atoms. The van der Waals surface area contributed by atoms with Crippen LogP contribution in [-0.4, -0.2) is 56.0 Å². The van der Waals surface area contributed by atoms with Crippen LogP contribution in [0.2, 0.25) is 0 Å². The van der Waals surface area contributed by atoms with Gasteiger partial charge in [-0.3, -0.25) is 0 Å². The zero-order chi connectivity index (χ0) is 16.8. The van der Waals surface area contributed by atoms with E-state index in [9.17, 15) is 10.2 Å². The third kappa shape index (κ3) is 5.40. The van der Waals surface area contributed by atoms with E-state index < -0.39 is 0 Å². The summed E-state index contributed by atoms with van der Waals surface area (Å²) in [5.41, 5.74) is 0.942. The van der Waals surface area contributed by atoms with Crippen LogP contribution >= 0.6 is 15.9 Å². The molecule has 0 aliphatic carbocycles. The van der Waals surface area contributed by atoms with Crippen molar-refractivity contribution in [2.75, 3.05) is 39.6 Å². The molecule has 0 aromatic heterocycles. The zero-order valence-electron chi connectivity index (χ0n) is 13.5. The van der Waals surface area contributed by atoms with Crippen LogP contribution in [0.3, 0.4) is 0 Å². The second-order valence-corrected chi connectivity index (χ2v) is 6.25. The lowest BCUT2D eigenvalue weighted by molar-refractivity contribution is -0.891. The summed E-state index contributed by atoms with van der Waals surface area (Å²) >= 11 is 3.06. The third-order valence-corrected chi connectivity index (χ3v) is 3.76. The van der Waals surface area contributed by atoms with Crippen LogP contribution in [0.5, 0.6) is 0 Å². The Labute approximate surface area is 140 Å². The van der Waals surface area contributed by atoms with Crippen LogP contribution in [0.4, 0.5) is 5.69 Å². The number of para-hydroxylation sites is 1. The van der Waals surface area contributed by atoms with Gasteiger partial charge >= 0.3 is 0 Å². The van der Waals surface area contributed by atoms with E-state index >= 15 is 0 Å². The minimum absolute atomic E-state index is 0.0411. The summed E-state index contributed by atoms with van der Waals surface area (Å²) in [5.74, 6) is -0.585. The summed E-state index contributed by atoms with van der Waals surface area (Å²) in [5, 5.41) is 32.1. The second kappa shape index (κ2) is 7.71. The average Bonchev–Trinajstić information content (AvgIpc) is 2.46. The SMILES string of the molecule is CC[N@+](C)(N=C([O-])C[N+](C)(C)N=C([O-])CBr)c1ccccc1. The molecular formula is C15H23BrN4O2. The van der Waals surface area contributed by atoms with Gasteiger partial charge in [0.15, 0.2) is 5.69 Å². The molecule has 0 spiro atoms. The molecule has 0 unspecified atom stereocenters. The molecule has 0 saturated heterocycles. The van der Waals surface area contributed by atoms with E-state index in [1.54, 1.807) is 14.1 Å². The molecule has 0 aliphatic heterocycles. The summed E-state index contributed by atoms with van der Waals surface area (Å²) < 4.78 is 0.108. The van der Waals surface area contributed by atoms with Crippen molar-refractivity contribution >= 4 is 33.4 Å². The number of alkyl halides is 1. The van der Waals surface area contributed by atoms with E-state index in [2.05, 4.69) is 26.1 Å². The molecular weight excluding hydrogens is 348 g/mol. The minimum Gasteiger partial charge on any atom is -0.858 e. The van der Waals surface area contributed by atoms with Crippen LogP contribution in [-0.2, 0) is 0 Å². The van der Waals surface area contributed by atoms with Crippen molar-refractivity contribution in [2.24, 2.45) is 10.2 Å². The monoisotopic (exact) mass is 370 g/mol. The first-order valence-electron chi connectivity index (χ1n) is 7.05. The summed E-state index contributed by atoms with van der Waals surface area (Å²) in [4.78, 5) is 0. The number of likely N-dealkylation sites (N-methyl/N-ethyl adjacent to an activating group) is 1. The Morgan fingerprint density at radius 1 is 1.05 bits per heavy atom. The van der Waals surface area contributed by atoms with Gasteiger partial charge in [-0.1, -0.05) is 39.2 Å². The van der Waals surface area contributed by atoms with Crippen molar-refractivity contribution in [1.82, 2.24) is 4.59 Å². The lowest BCUT2D eigenvalue weighted by Crippen LogP contribution is -2.48. The average molecular weight is 371 g/mol. The molecule has 0 heterocycles. The number of rotatable bonds is 7. The van der Waals surface area contributed by atoms with Gasteiger partial charge in [-0.2, -0.15) is 9.18 Å². The Hall–Kier alpha value is -1.44. The lowest BCUT2D eigenvalue weighted by Gasteiger charge is -2.31. The number of halogens is 1. The van der Waals surface area contributed by atoms with Gasteiger partial charge in [-0.15, -0.1) is 5.10 Å². The standard InChI is InChI=1S/C15H23BrN4O2/c1-5-20(4,13-9-7-6-8-10-13)18-15(22)12-19(2,3)17-14(21)11-16/h6-10H,5,11-12H2,1-4H3/t20-/m0/s1. The van der Waals surface area contributed by atoms with Crippen molar-refractivity contribution in [3.05, 3.63) is 30.3 Å². The molecule has 0 N–H and O–H groups in total. The van der Waals surface area contributed by atoms with Crippen molar-refractivity contribution < 1.29 is 14.8 Å². The molecule has 0 amide bonds. The summed E-state index contributed by atoms with van der Waals surface area (Å²) in [6.07, 6.45) is 0. The van der Waals surface area contributed by atoms with Crippen molar-refractivity contribution in [2.45, 2.75) is 6.92 Å². The topological polar surface area (TPSA) is 70.8 Å². The van der Waals surface area contributed by atoms with E-state index in [1.165, 1.54) is 0 Å². The smallest absolute Gasteiger partial charge is 0.158 e. The van der Waals surface area contributed by atoms with Gasteiger partial charge < -0.3 is 10.2 Å². The Kier molecular flexibility index (Phi) is 6.52. The lowest BCUT2D eigenvalue weighted by atomic mass is 10.3. The third-order valence-electron chi connectivity index (χ3n) is 3.28. The minimum atomic E-state index is -0.298. The molecule has 1 atom stereocenters. The van der Waals surface area contributed by atoms with E-state index in [-0.39, 0.29) is 32.9 Å². The zero-order valence-corrected chi connectivity index (χ0v) is 15.1. The Morgan fingerprint density at radius 3 is 2.14 bits per heavy atom. The first-order valence-corrected chi connectivity index (χ1v) is 8.17. The maximum Gasteiger partial charge on any atom is 0.158 e. The summed E-state index contributed by atoms with van der Waals surface area (Å²) in [7, 11) is 5.29. The molecule has 0 fully saturated rings. The van der Waals surface area contributed by atoms with Crippen LogP contribution in [0, 0.1) is 0 Å². The number of hydrogen-bond acceptors (Lipinski definition) is 4. The van der Waals surface area contributed by atoms with Crippen LogP contribution in [0.1, 0.15) is 6.92 Å². The Balaban J connectivity index is 2.99. The van der Waals surface area contributed by atoms with Crippen LogP contribution in [0.25, 0.3) is 0 Å². The number of hydrogen-bond donors (Lipinski definition) is 0. The predicted octanol–water partition coefficient (Wildman–Crippen LogP) is 0.463. The van der Waals surface area contributed by atoms with Gasteiger partial charge in [0, 0.05) is 23.4 Å². The van der Waals surface area contributed by atoms with Gasteiger partial charge in [0.25, 0.3) is 0 Å². The second-order valence-electron chi connectivity index (χ2n) is 5.69. The Bertz CT molecular complexity index is 546. The van der Waals surface area contributed by atoms with E-state index in [1.807, 2.05) is 44.3 Å². The first-order chi connectivity index (χ1) is 10.2. The fourth-order valence-corrected chi connectivity index (χ4v) is 2.15. The van der Waals surface area contributed by atoms with Gasteiger partial charge in [0.2, 0.25) is 0 Å². The fourth-order valence-electron chi connectivity index (χ4n) is 2.03. The Morgan fingerprint density at radius 2 is 1.64 bits per heavy atom. The first kappa shape index (κ1) is 18.6. The molecule has 7 heteroatoms. The molecule has 0 aliphatic rings. The maximum atomic E-state index is 12.3. The van der Waals surface area contributed by atoms with Gasteiger partial charge in [0.1, 0.15) is 13.1 Å². The molecule has 0 radical (unpaired) electrons. The molecule has 0 saturated carbocycles. The van der Waals surface area contributed by atoms with Crippen LogP contribution < -0.4 is 14.8 Å². The fraction of sp³-hybridized carbons (Fsp3) is 0.467. The molecule has 1 aromatic rings. The highest BCUT2D eigenvalue weighted by Crippen LogP contribution is 2.20. The molecule has 0 bridgehead atoms. The van der Waals surface area contributed by atoms with Crippen molar-refractivity contribution in [1.29, 1.82) is 0 Å². The highest BCUT2D eigenvalue weighted by Gasteiger charge is 2.23. The van der Waals surface area contributed by atoms with E-state index in [0.29, 0.717) is 6.54 Å². The normalized spacial score (nSPS) is 16.4. The molecule has 6 nitrogen and oxygen atoms in total.